The summed E-state index contributed by atoms with van der Waals surface area (Å²) >= 11 is 0. The number of methoxy groups -OCH3 is 1. The van der Waals surface area contributed by atoms with Gasteiger partial charge < -0.3 is 10.5 Å². The van der Waals surface area contributed by atoms with E-state index in [0.29, 0.717) is 11.3 Å². The van der Waals surface area contributed by atoms with E-state index in [1.54, 1.807) is 13.2 Å². The molecule has 2 aromatic rings. The molecule has 1 atom stereocenters. The van der Waals surface area contributed by atoms with E-state index < -0.39 is 6.04 Å². The standard InChI is InChI=1S/C16H18FNO/c1-10-5-7-15(19-3)13(8-10)16(18)12-6-4-11(2)9-14(12)17/h4-9,16H,18H2,1-3H3. The molecule has 19 heavy (non-hydrogen) atoms. The van der Waals surface area contributed by atoms with Gasteiger partial charge in [0.15, 0.2) is 0 Å². The van der Waals surface area contributed by atoms with E-state index in [0.717, 1.165) is 16.7 Å². The first-order valence-electron chi connectivity index (χ1n) is 6.19. The smallest absolute Gasteiger partial charge is 0.128 e. The molecule has 0 aliphatic rings. The van der Waals surface area contributed by atoms with Crippen LogP contribution in [0.5, 0.6) is 5.75 Å². The first kappa shape index (κ1) is 13.6. The van der Waals surface area contributed by atoms with Gasteiger partial charge in [0.25, 0.3) is 0 Å². The lowest BCUT2D eigenvalue weighted by atomic mass is 9.96. The zero-order chi connectivity index (χ0) is 14.0. The second-order valence-corrected chi connectivity index (χ2v) is 4.75. The summed E-state index contributed by atoms with van der Waals surface area (Å²) in [6.07, 6.45) is 0. The van der Waals surface area contributed by atoms with Crippen molar-refractivity contribution in [2.45, 2.75) is 19.9 Å². The van der Waals surface area contributed by atoms with Crippen molar-refractivity contribution < 1.29 is 9.13 Å². The highest BCUT2D eigenvalue weighted by Gasteiger charge is 2.17. The second-order valence-electron chi connectivity index (χ2n) is 4.75. The monoisotopic (exact) mass is 259 g/mol. The maximum Gasteiger partial charge on any atom is 0.128 e. The number of hydrogen-bond acceptors (Lipinski definition) is 2. The molecule has 2 aromatic carbocycles. The van der Waals surface area contributed by atoms with Gasteiger partial charge in [0, 0.05) is 11.1 Å². The van der Waals surface area contributed by atoms with Crippen LogP contribution < -0.4 is 10.5 Å². The predicted molar refractivity (Wildman–Crippen MR) is 74.9 cm³/mol. The first-order chi connectivity index (χ1) is 9.02. The van der Waals surface area contributed by atoms with Crippen LogP contribution >= 0.6 is 0 Å². The number of benzene rings is 2. The lowest BCUT2D eigenvalue weighted by molar-refractivity contribution is 0.407. The van der Waals surface area contributed by atoms with Gasteiger partial charge in [-0.15, -0.1) is 0 Å². The molecule has 2 N–H and O–H groups in total. The fourth-order valence-electron chi connectivity index (χ4n) is 2.15. The van der Waals surface area contributed by atoms with Crippen molar-refractivity contribution in [3.05, 3.63) is 64.5 Å². The Hall–Kier alpha value is -1.87. The van der Waals surface area contributed by atoms with Gasteiger partial charge in [0.1, 0.15) is 11.6 Å². The summed E-state index contributed by atoms with van der Waals surface area (Å²) in [7, 11) is 1.59. The molecule has 0 aromatic heterocycles. The number of halogens is 1. The van der Waals surface area contributed by atoms with Crippen LogP contribution in [-0.4, -0.2) is 7.11 Å². The largest absolute Gasteiger partial charge is 0.496 e. The van der Waals surface area contributed by atoms with Crippen molar-refractivity contribution in [3.63, 3.8) is 0 Å². The quantitative estimate of drug-likeness (QED) is 0.915. The van der Waals surface area contributed by atoms with Gasteiger partial charge in [0.05, 0.1) is 13.2 Å². The number of hydrogen-bond donors (Lipinski definition) is 1. The third-order valence-corrected chi connectivity index (χ3v) is 3.21. The van der Waals surface area contributed by atoms with Crippen LogP contribution in [0.3, 0.4) is 0 Å². The van der Waals surface area contributed by atoms with Gasteiger partial charge in [-0.2, -0.15) is 0 Å². The second kappa shape index (κ2) is 5.41. The maximum atomic E-state index is 14.0. The third kappa shape index (κ3) is 2.76. The van der Waals surface area contributed by atoms with E-state index in [1.165, 1.54) is 6.07 Å². The topological polar surface area (TPSA) is 35.2 Å². The summed E-state index contributed by atoms with van der Waals surface area (Å²) in [5, 5.41) is 0. The molecule has 0 saturated heterocycles. The molecule has 0 amide bonds. The Morgan fingerprint density at radius 1 is 1.00 bits per heavy atom. The van der Waals surface area contributed by atoms with E-state index in [-0.39, 0.29) is 5.82 Å². The highest BCUT2D eigenvalue weighted by molar-refractivity contribution is 5.44. The molecular weight excluding hydrogens is 241 g/mol. The van der Waals surface area contributed by atoms with Crippen LogP contribution in [0.15, 0.2) is 36.4 Å². The zero-order valence-electron chi connectivity index (χ0n) is 11.4. The molecule has 0 aliphatic carbocycles. The zero-order valence-corrected chi connectivity index (χ0v) is 11.4. The highest BCUT2D eigenvalue weighted by atomic mass is 19.1. The Morgan fingerprint density at radius 2 is 1.63 bits per heavy atom. The molecule has 0 fully saturated rings. The molecule has 2 nitrogen and oxygen atoms in total. The minimum atomic E-state index is -0.532. The predicted octanol–water partition coefficient (Wildman–Crippen LogP) is 3.50. The van der Waals surface area contributed by atoms with Gasteiger partial charge in [-0.3, -0.25) is 0 Å². The molecule has 1 unspecified atom stereocenters. The molecule has 0 heterocycles. The van der Waals surface area contributed by atoms with Crippen LogP contribution in [0.1, 0.15) is 28.3 Å². The van der Waals surface area contributed by atoms with Gasteiger partial charge in [-0.25, -0.2) is 4.39 Å². The summed E-state index contributed by atoms with van der Waals surface area (Å²) in [6.45, 7) is 3.83. The number of aryl methyl sites for hydroxylation is 2. The lowest BCUT2D eigenvalue weighted by Crippen LogP contribution is -2.15. The van der Waals surface area contributed by atoms with Crippen LogP contribution in [-0.2, 0) is 0 Å². The number of rotatable bonds is 3. The summed E-state index contributed by atoms with van der Waals surface area (Å²) in [5.41, 5.74) is 9.42. The van der Waals surface area contributed by atoms with Gasteiger partial charge in [-0.1, -0.05) is 29.8 Å². The maximum absolute atomic E-state index is 14.0. The Balaban J connectivity index is 2.49. The number of nitrogens with two attached hydrogens (primary N) is 1. The Morgan fingerprint density at radius 3 is 2.26 bits per heavy atom. The van der Waals surface area contributed by atoms with Crippen molar-refractivity contribution in [3.8, 4) is 5.75 Å². The van der Waals surface area contributed by atoms with Crippen LogP contribution in [0, 0.1) is 19.7 Å². The van der Waals surface area contributed by atoms with Crippen molar-refractivity contribution >= 4 is 0 Å². The summed E-state index contributed by atoms with van der Waals surface area (Å²) in [6, 6.07) is 10.3. The van der Waals surface area contributed by atoms with Crippen molar-refractivity contribution in [2.75, 3.05) is 7.11 Å². The van der Waals surface area contributed by atoms with Gasteiger partial charge >= 0.3 is 0 Å². The summed E-state index contributed by atoms with van der Waals surface area (Å²) < 4.78 is 19.3. The fraction of sp³-hybridized carbons (Fsp3) is 0.250. The van der Waals surface area contributed by atoms with Crippen LogP contribution in [0.2, 0.25) is 0 Å². The summed E-state index contributed by atoms with van der Waals surface area (Å²) in [5.74, 6) is 0.397. The SMILES string of the molecule is COc1ccc(C)cc1C(N)c1ccc(C)cc1F. The average molecular weight is 259 g/mol. The van der Waals surface area contributed by atoms with Crippen molar-refractivity contribution in [2.24, 2.45) is 5.73 Å². The minimum absolute atomic E-state index is 0.281. The first-order valence-corrected chi connectivity index (χ1v) is 6.19. The van der Waals surface area contributed by atoms with E-state index in [9.17, 15) is 4.39 Å². The van der Waals surface area contributed by atoms with Crippen LogP contribution in [0.4, 0.5) is 4.39 Å². The Bertz CT molecular complexity index is 595. The molecule has 0 radical (unpaired) electrons. The fourth-order valence-corrected chi connectivity index (χ4v) is 2.15. The molecule has 0 saturated carbocycles. The number of ether oxygens (including phenoxy) is 1. The van der Waals surface area contributed by atoms with Crippen molar-refractivity contribution in [1.82, 2.24) is 0 Å². The van der Waals surface area contributed by atoms with Gasteiger partial charge in [0.2, 0.25) is 0 Å². The molecule has 0 aliphatic heterocycles. The van der Waals surface area contributed by atoms with E-state index in [2.05, 4.69) is 0 Å². The Kier molecular flexibility index (Phi) is 3.86. The Labute approximate surface area is 113 Å². The molecular formula is C16H18FNO. The molecule has 100 valence electrons. The summed E-state index contributed by atoms with van der Waals surface area (Å²) in [4.78, 5) is 0. The van der Waals surface area contributed by atoms with E-state index in [4.69, 9.17) is 10.5 Å². The average Bonchev–Trinajstić information content (AvgIpc) is 2.38. The van der Waals surface area contributed by atoms with E-state index >= 15 is 0 Å². The van der Waals surface area contributed by atoms with Crippen molar-refractivity contribution in [1.29, 1.82) is 0 Å². The third-order valence-electron chi connectivity index (χ3n) is 3.21. The molecule has 0 bridgehead atoms. The molecule has 0 spiro atoms. The minimum Gasteiger partial charge on any atom is -0.496 e. The van der Waals surface area contributed by atoms with Crippen LogP contribution in [0.25, 0.3) is 0 Å². The van der Waals surface area contributed by atoms with E-state index in [1.807, 2.05) is 38.1 Å². The van der Waals surface area contributed by atoms with Gasteiger partial charge in [-0.05, 0) is 31.5 Å². The highest BCUT2D eigenvalue weighted by Crippen LogP contribution is 2.30. The normalized spacial score (nSPS) is 12.3. The lowest BCUT2D eigenvalue weighted by Gasteiger charge is -2.17. The molecule has 3 heteroatoms. The molecule has 2 rings (SSSR count).